The van der Waals surface area contributed by atoms with Gasteiger partial charge in [0.05, 0.1) is 26.3 Å². The smallest absolute Gasteiger partial charge is 0.315 e. The van der Waals surface area contributed by atoms with Crippen LogP contribution < -0.4 is 20.1 Å². The van der Waals surface area contributed by atoms with E-state index in [0.29, 0.717) is 11.5 Å². The number of thioether (sulfide) groups is 1. The van der Waals surface area contributed by atoms with Crippen molar-refractivity contribution in [2.75, 3.05) is 26.2 Å². The number of carbonyl (C=O) groups excluding carboxylic acids is 1. The third-order valence-corrected chi connectivity index (χ3v) is 5.93. The minimum absolute atomic E-state index is 0.164. The number of hydrogen-bond donors (Lipinski definition) is 2. The van der Waals surface area contributed by atoms with E-state index in [1.807, 2.05) is 53.3 Å². The van der Waals surface area contributed by atoms with Crippen LogP contribution >= 0.6 is 11.8 Å². The molecule has 0 radical (unpaired) electrons. The standard InChI is InChI=1S/C23H31N5O3S/c1-15(2)21(16-9-10-18(30-3)19(14-16)31-4)25-23(29)24-17(11-13-32-5)22-27-26-20-8-6-7-12-28(20)22/h6-10,12,14-15,17,21H,11,13H2,1-5H3,(H2,24,25,29)/t17-,21-/m0/s1. The zero-order valence-electron chi connectivity index (χ0n) is 19.2. The Balaban J connectivity index is 1.80. The highest BCUT2D eigenvalue weighted by Gasteiger charge is 2.24. The van der Waals surface area contributed by atoms with Crippen LogP contribution in [0.15, 0.2) is 42.6 Å². The predicted octanol–water partition coefficient (Wildman–Crippen LogP) is 4.24. The highest BCUT2D eigenvalue weighted by Crippen LogP contribution is 2.32. The fourth-order valence-electron chi connectivity index (χ4n) is 3.62. The van der Waals surface area contributed by atoms with Crippen molar-refractivity contribution in [3.05, 3.63) is 54.0 Å². The minimum Gasteiger partial charge on any atom is -0.493 e. The van der Waals surface area contributed by atoms with Crippen LogP contribution in [-0.4, -0.2) is 46.9 Å². The molecule has 2 heterocycles. The molecule has 2 atom stereocenters. The maximum absolute atomic E-state index is 13.1. The number of rotatable bonds is 10. The van der Waals surface area contributed by atoms with Gasteiger partial charge in [-0.3, -0.25) is 4.40 Å². The number of fused-ring (bicyclic) bond motifs is 1. The molecule has 3 aromatic rings. The normalized spacial score (nSPS) is 13.1. The quantitative estimate of drug-likeness (QED) is 0.473. The summed E-state index contributed by atoms with van der Waals surface area (Å²) in [6.45, 7) is 4.14. The van der Waals surface area contributed by atoms with Gasteiger partial charge in [-0.25, -0.2) is 4.79 Å². The number of nitrogens with one attached hydrogen (secondary N) is 2. The minimum atomic E-state index is -0.266. The zero-order valence-corrected chi connectivity index (χ0v) is 20.0. The molecule has 0 saturated carbocycles. The first kappa shape index (κ1) is 23.7. The first-order valence-electron chi connectivity index (χ1n) is 10.6. The lowest BCUT2D eigenvalue weighted by molar-refractivity contribution is 0.228. The molecule has 2 N–H and O–H groups in total. The number of urea groups is 1. The monoisotopic (exact) mass is 457 g/mol. The van der Waals surface area contributed by atoms with Gasteiger partial charge in [-0.15, -0.1) is 10.2 Å². The van der Waals surface area contributed by atoms with Gasteiger partial charge in [0.25, 0.3) is 0 Å². The summed E-state index contributed by atoms with van der Waals surface area (Å²) in [5.74, 6) is 3.05. The van der Waals surface area contributed by atoms with E-state index in [2.05, 4.69) is 34.7 Å². The molecule has 2 aromatic heterocycles. The van der Waals surface area contributed by atoms with E-state index in [4.69, 9.17) is 9.47 Å². The number of amides is 2. The molecule has 0 unspecified atom stereocenters. The highest BCUT2D eigenvalue weighted by atomic mass is 32.2. The summed E-state index contributed by atoms with van der Waals surface area (Å²) in [4.78, 5) is 13.1. The maximum atomic E-state index is 13.1. The average molecular weight is 458 g/mol. The summed E-state index contributed by atoms with van der Waals surface area (Å²) < 4.78 is 12.7. The van der Waals surface area contributed by atoms with Crippen molar-refractivity contribution in [2.45, 2.75) is 32.4 Å². The molecule has 0 aliphatic heterocycles. The Hall–Kier alpha value is -2.94. The third-order valence-electron chi connectivity index (χ3n) is 5.29. The van der Waals surface area contributed by atoms with E-state index in [9.17, 15) is 4.79 Å². The van der Waals surface area contributed by atoms with Crippen molar-refractivity contribution in [3.63, 3.8) is 0 Å². The number of methoxy groups -OCH3 is 2. The molecule has 0 bridgehead atoms. The number of benzene rings is 1. The fourth-order valence-corrected chi connectivity index (χ4v) is 4.09. The molecule has 1 aromatic carbocycles. The largest absolute Gasteiger partial charge is 0.493 e. The summed E-state index contributed by atoms with van der Waals surface area (Å²) in [5, 5.41) is 14.8. The van der Waals surface area contributed by atoms with Crippen molar-refractivity contribution in [1.82, 2.24) is 25.2 Å². The molecular formula is C23H31N5O3S. The van der Waals surface area contributed by atoms with Gasteiger partial charge in [-0.1, -0.05) is 26.0 Å². The highest BCUT2D eigenvalue weighted by molar-refractivity contribution is 7.98. The Bertz CT molecular complexity index is 1040. The Morgan fingerprint density at radius 2 is 1.88 bits per heavy atom. The number of pyridine rings is 1. The first-order valence-corrected chi connectivity index (χ1v) is 11.9. The summed E-state index contributed by atoms with van der Waals surface area (Å²) in [7, 11) is 3.21. The van der Waals surface area contributed by atoms with Crippen LogP contribution in [0.5, 0.6) is 11.5 Å². The molecule has 8 nitrogen and oxygen atoms in total. The first-order chi connectivity index (χ1) is 15.5. The molecular weight excluding hydrogens is 426 g/mol. The van der Waals surface area contributed by atoms with Crippen LogP contribution in [0.1, 0.15) is 43.7 Å². The van der Waals surface area contributed by atoms with Crippen molar-refractivity contribution < 1.29 is 14.3 Å². The van der Waals surface area contributed by atoms with Gasteiger partial charge in [0, 0.05) is 6.20 Å². The molecule has 3 rings (SSSR count). The lowest BCUT2D eigenvalue weighted by Gasteiger charge is -2.25. The Kier molecular flexibility index (Phi) is 8.21. The van der Waals surface area contributed by atoms with Crippen molar-refractivity contribution in [3.8, 4) is 11.5 Å². The van der Waals surface area contributed by atoms with E-state index in [0.717, 1.165) is 29.2 Å². The predicted molar refractivity (Wildman–Crippen MR) is 128 cm³/mol. The second kappa shape index (κ2) is 11.1. The van der Waals surface area contributed by atoms with Crippen LogP contribution in [0.4, 0.5) is 4.79 Å². The van der Waals surface area contributed by atoms with E-state index in [1.165, 1.54) is 0 Å². The number of carbonyl (C=O) groups is 1. The lowest BCUT2D eigenvalue weighted by atomic mass is 9.95. The van der Waals surface area contributed by atoms with Crippen LogP contribution in [0.3, 0.4) is 0 Å². The summed E-state index contributed by atoms with van der Waals surface area (Å²) >= 11 is 1.73. The Labute approximate surface area is 193 Å². The molecule has 32 heavy (non-hydrogen) atoms. The molecule has 0 fully saturated rings. The number of nitrogens with zero attached hydrogens (tertiary/aromatic N) is 3. The average Bonchev–Trinajstić information content (AvgIpc) is 3.23. The van der Waals surface area contributed by atoms with Crippen LogP contribution in [0.2, 0.25) is 0 Å². The van der Waals surface area contributed by atoms with Crippen molar-refractivity contribution in [2.24, 2.45) is 5.92 Å². The van der Waals surface area contributed by atoms with E-state index >= 15 is 0 Å². The topological polar surface area (TPSA) is 89.8 Å². The molecule has 9 heteroatoms. The Morgan fingerprint density at radius 3 is 2.56 bits per heavy atom. The third kappa shape index (κ3) is 5.45. The fraction of sp³-hybridized carbons (Fsp3) is 0.435. The van der Waals surface area contributed by atoms with Crippen LogP contribution in [-0.2, 0) is 0 Å². The van der Waals surface area contributed by atoms with Gasteiger partial charge in [0.2, 0.25) is 0 Å². The SMILES string of the molecule is COc1ccc([C@@H](NC(=O)N[C@@H](CCSC)c2nnc3ccccn23)C(C)C)cc1OC. The van der Waals surface area contributed by atoms with Crippen LogP contribution in [0, 0.1) is 5.92 Å². The van der Waals surface area contributed by atoms with E-state index < -0.39 is 0 Å². The van der Waals surface area contributed by atoms with Gasteiger partial charge < -0.3 is 20.1 Å². The molecule has 172 valence electrons. The number of aromatic nitrogens is 3. The summed E-state index contributed by atoms with van der Waals surface area (Å²) in [6, 6.07) is 10.7. The number of ether oxygens (including phenoxy) is 2. The van der Waals surface area contributed by atoms with Gasteiger partial charge in [-0.05, 0) is 54.2 Å². The molecule has 0 spiro atoms. The number of hydrogen-bond acceptors (Lipinski definition) is 6. The molecule has 2 amide bonds. The van der Waals surface area contributed by atoms with Gasteiger partial charge in [0.1, 0.15) is 0 Å². The van der Waals surface area contributed by atoms with Gasteiger partial charge >= 0.3 is 6.03 Å². The zero-order chi connectivity index (χ0) is 23.1. The van der Waals surface area contributed by atoms with Crippen molar-refractivity contribution >= 4 is 23.4 Å². The molecule has 0 saturated heterocycles. The molecule has 0 aliphatic carbocycles. The maximum Gasteiger partial charge on any atom is 0.315 e. The van der Waals surface area contributed by atoms with Crippen LogP contribution in [0.25, 0.3) is 5.65 Å². The lowest BCUT2D eigenvalue weighted by Crippen LogP contribution is -2.42. The van der Waals surface area contributed by atoms with E-state index in [-0.39, 0.29) is 24.0 Å². The Morgan fingerprint density at radius 1 is 1.09 bits per heavy atom. The summed E-state index contributed by atoms with van der Waals surface area (Å²) in [6.07, 6.45) is 4.70. The second-order valence-corrected chi connectivity index (χ2v) is 8.76. The van der Waals surface area contributed by atoms with E-state index in [1.54, 1.807) is 26.0 Å². The molecule has 0 aliphatic rings. The van der Waals surface area contributed by atoms with Crippen molar-refractivity contribution in [1.29, 1.82) is 0 Å². The summed E-state index contributed by atoms with van der Waals surface area (Å²) in [5.41, 5.74) is 1.70. The van der Waals surface area contributed by atoms with Gasteiger partial charge in [-0.2, -0.15) is 11.8 Å². The van der Waals surface area contributed by atoms with Gasteiger partial charge in [0.15, 0.2) is 23.0 Å². The second-order valence-electron chi connectivity index (χ2n) is 7.78.